The molecule has 1 fully saturated rings. The number of carbonyl (C=O) groups is 1. The van der Waals surface area contributed by atoms with E-state index in [0.717, 1.165) is 33.6 Å². The van der Waals surface area contributed by atoms with Crippen molar-refractivity contribution in [2.75, 3.05) is 42.9 Å². The number of piperazine rings is 1. The minimum atomic E-state index is -3.90. The van der Waals surface area contributed by atoms with Crippen LogP contribution in [0, 0.1) is 0 Å². The molecule has 1 amide bonds. The SMILES string of the molecule is COc1ncc(-c2ccc3ncnc(N4CCN(C(=O)OC(C)(C)C)CC4)c3c2)cc1NS(=O)(=O)c1ccc(Cl)s1. The number of pyridine rings is 1. The van der Waals surface area contributed by atoms with Crippen LogP contribution in [0.15, 0.2) is 53.1 Å². The number of carbonyl (C=O) groups excluding carboxylic acids is 1. The number of methoxy groups -OCH3 is 1. The second-order valence-corrected chi connectivity index (χ2v) is 14.0. The molecule has 0 saturated carbocycles. The van der Waals surface area contributed by atoms with Crippen LogP contribution in [0.1, 0.15) is 20.8 Å². The summed E-state index contributed by atoms with van der Waals surface area (Å²) in [6.45, 7) is 7.71. The van der Waals surface area contributed by atoms with Gasteiger partial charge in [-0.3, -0.25) is 4.72 Å². The van der Waals surface area contributed by atoms with E-state index in [-0.39, 0.29) is 21.9 Å². The molecule has 0 aliphatic carbocycles. The van der Waals surface area contributed by atoms with E-state index in [9.17, 15) is 13.2 Å². The number of aromatic nitrogens is 3. The Morgan fingerprint density at radius 3 is 2.44 bits per heavy atom. The Morgan fingerprint density at radius 2 is 1.78 bits per heavy atom. The molecule has 1 N–H and O–H groups in total. The Labute approximate surface area is 247 Å². The van der Waals surface area contributed by atoms with Gasteiger partial charge < -0.3 is 19.3 Å². The fourth-order valence-electron chi connectivity index (χ4n) is 4.38. The van der Waals surface area contributed by atoms with Gasteiger partial charge in [-0.25, -0.2) is 28.2 Å². The molecule has 3 aromatic heterocycles. The van der Waals surface area contributed by atoms with E-state index in [1.807, 2.05) is 39.0 Å². The highest BCUT2D eigenvalue weighted by Gasteiger charge is 2.27. The second kappa shape index (κ2) is 11.3. The Morgan fingerprint density at radius 1 is 1.02 bits per heavy atom. The number of hydrogen-bond acceptors (Lipinski definition) is 10. The lowest BCUT2D eigenvalue weighted by atomic mass is 10.0. The lowest BCUT2D eigenvalue weighted by Gasteiger charge is -2.36. The van der Waals surface area contributed by atoms with Crippen LogP contribution in [-0.4, -0.2) is 73.3 Å². The highest BCUT2D eigenvalue weighted by molar-refractivity contribution is 7.94. The summed E-state index contributed by atoms with van der Waals surface area (Å²) in [5, 5.41) is 0.821. The van der Waals surface area contributed by atoms with E-state index in [2.05, 4.69) is 24.6 Å². The molecule has 216 valence electrons. The summed E-state index contributed by atoms with van der Waals surface area (Å²) in [4.78, 5) is 29.7. The third-order valence-electron chi connectivity index (χ3n) is 6.28. The van der Waals surface area contributed by atoms with Crippen LogP contribution in [0.3, 0.4) is 0 Å². The predicted octanol–water partition coefficient (Wildman–Crippen LogP) is 5.27. The van der Waals surface area contributed by atoms with Gasteiger partial charge in [0.1, 0.15) is 27.6 Å². The highest BCUT2D eigenvalue weighted by Crippen LogP contribution is 2.34. The van der Waals surface area contributed by atoms with Crippen molar-refractivity contribution in [3.63, 3.8) is 0 Å². The lowest BCUT2D eigenvalue weighted by molar-refractivity contribution is 0.0240. The molecular weight excluding hydrogens is 588 g/mol. The van der Waals surface area contributed by atoms with Crippen LogP contribution in [0.5, 0.6) is 5.88 Å². The van der Waals surface area contributed by atoms with Crippen LogP contribution < -0.4 is 14.4 Å². The zero-order chi connectivity index (χ0) is 29.4. The molecule has 0 unspecified atom stereocenters. The van der Waals surface area contributed by atoms with E-state index in [4.69, 9.17) is 21.1 Å². The number of hydrogen-bond donors (Lipinski definition) is 1. The second-order valence-electron chi connectivity index (χ2n) is 10.3. The highest BCUT2D eigenvalue weighted by atomic mass is 35.5. The average Bonchev–Trinajstić information content (AvgIpc) is 3.39. The molecule has 0 atom stereocenters. The minimum Gasteiger partial charge on any atom is -0.480 e. The number of nitrogens with one attached hydrogen (secondary N) is 1. The number of halogens is 1. The number of amides is 1. The third kappa shape index (κ3) is 6.47. The average molecular weight is 617 g/mol. The molecule has 1 saturated heterocycles. The Kier molecular flexibility index (Phi) is 7.95. The largest absolute Gasteiger partial charge is 0.480 e. The lowest BCUT2D eigenvalue weighted by Crippen LogP contribution is -2.50. The van der Waals surface area contributed by atoms with Crippen molar-refractivity contribution in [3.05, 3.63) is 53.3 Å². The number of rotatable bonds is 6. The van der Waals surface area contributed by atoms with Gasteiger partial charge >= 0.3 is 6.09 Å². The smallest absolute Gasteiger partial charge is 0.410 e. The third-order valence-corrected chi connectivity index (χ3v) is 9.37. The van der Waals surface area contributed by atoms with Crippen LogP contribution in [0.4, 0.5) is 16.3 Å². The van der Waals surface area contributed by atoms with E-state index in [0.29, 0.717) is 36.1 Å². The van der Waals surface area contributed by atoms with Gasteiger partial charge in [0.2, 0.25) is 5.88 Å². The maximum absolute atomic E-state index is 13.0. The van der Waals surface area contributed by atoms with Crippen molar-refractivity contribution in [2.24, 2.45) is 0 Å². The fourth-order valence-corrected chi connectivity index (χ4v) is 6.92. The van der Waals surface area contributed by atoms with Gasteiger partial charge in [0.15, 0.2) is 0 Å². The maximum atomic E-state index is 13.0. The summed E-state index contributed by atoms with van der Waals surface area (Å²) in [6, 6.07) is 10.4. The molecule has 0 radical (unpaired) electrons. The molecule has 14 heteroatoms. The zero-order valence-corrected chi connectivity index (χ0v) is 25.3. The van der Waals surface area contributed by atoms with E-state index < -0.39 is 15.6 Å². The fraction of sp³-hybridized carbons (Fsp3) is 0.333. The van der Waals surface area contributed by atoms with Crippen molar-refractivity contribution in [1.82, 2.24) is 19.9 Å². The molecule has 1 aliphatic rings. The quantitative estimate of drug-likeness (QED) is 0.308. The Hall–Kier alpha value is -3.68. The molecule has 4 aromatic rings. The van der Waals surface area contributed by atoms with Crippen molar-refractivity contribution in [1.29, 1.82) is 0 Å². The normalized spacial score (nSPS) is 14.3. The van der Waals surface area contributed by atoms with Crippen LogP contribution in [-0.2, 0) is 14.8 Å². The predicted molar refractivity (Wildman–Crippen MR) is 159 cm³/mol. The molecule has 0 spiro atoms. The van der Waals surface area contributed by atoms with Crippen molar-refractivity contribution < 1.29 is 22.7 Å². The summed E-state index contributed by atoms with van der Waals surface area (Å²) in [7, 11) is -2.48. The summed E-state index contributed by atoms with van der Waals surface area (Å²) in [5.74, 6) is 0.880. The topological polar surface area (TPSA) is 127 Å². The monoisotopic (exact) mass is 616 g/mol. The van der Waals surface area contributed by atoms with Gasteiger partial charge in [0.25, 0.3) is 10.0 Å². The number of benzene rings is 1. The van der Waals surface area contributed by atoms with Gasteiger partial charge in [-0.15, -0.1) is 11.3 Å². The van der Waals surface area contributed by atoms with E-state index in [1.165, 1.54) is 25.6 Å². The number of fused-ring (bicyclic) bond motifs is 1. The summed E-state index contributed by atoms with van der Waals surface area (Å²) < 4.78 is 39.8. The minimum absolute atomic E-state index is 0.0780. The van der Waals surface area contributed by atoms with E-state index >= 15 is 0 Å². The molecule has 1 aromatic carbocycles. The number of anilines is 2. The number of nitrogens with zero attached hydrogens (tertiary/aromatic N) is 5. The first-order valence-electron chi connectivity index (χ1n) is 12.7. The van der Waals surface area contributed by atoms with Crippen LogP contribution in [0.25, 0.3) is 22.0 Å². The zero-order valence-electron chi connectivity index (χ0n) is 22.9. The van der Waals surface area contributed by atoms with Crippen LogP contribution >= 0.6 is 22.9 Å². The molecule has 11 nitrogen and oxygen atoms in total. The Balaban J connectivity index is 1.42. The van der Waals surface area contributed by atoms with Crippen molar-refractivity contribution in [3.8, 4) is 17.0 Å². The molecule has 0 bridgehead atoms. The van der Waals surface area contributed by atoms with Gasteiger partial charge in [-0.2, -0.15) is 0 Å². The van der Waals surface area contributed by atoms with Crippen molar-refractivity contribution >= 4 is 61.5 Å². The van der Waals surface area contributed by atoms with Gasteiger partial charge in [0, 0.05) is 43.3 Å². The maximum Gasteiger partial charge on any atom is 0.410 e. The van der Waals surface area contributed by atoms with Gasteiger partial charge in [-0.1, -0.05) is 17.7 Å². The van der Waals surface area contributed by atoms with Crippen molar-refractivity contribution in [2.45, 2.75) is 30.6 Å². The first-order chi connectivity index (χ1) is 19.4. The molecule has 41 heavy (non-hydrogen) atoms. The Bertz CT molecular complexity index is 1700. The van der Waals surface area contributed by atoms with Gasteiger partial charge in [0.05, 0.1) is 17.0 Å². The van der Waals surface area contributed by atoms with Gasteiger partial charge in [-0.05, 0) is 56.7 Å². The molecular formula is C27H29ClN6O5S2. The molecule has 4 heterocycles. The first kappa shape index (κ1) is 28.8. The van der Waals surface area contributed by atoms with E-state index in [1.54, 1.807) is 17.2 Å². The number of thiophene rings is 1. The summed E-state index contributed by atoms with van der Waals surface area (Å²) in [6.07, 6.45) is 2.81. The summed E-state index contributed by atoms with van der Waals surface area (Å²) in [5.41, 5.74) is 1.85. The van der Waals surface area contributed by atoms with Crippen LogP contribution in [0.2, 0.25) is 4.34 Å². The first-order valence-corrected chi connectivity index (χ1v) is 15.4. The summed E-state index contributed by atoms with van der Waals surface area (Å²) >= 11 is 6.90. The number of sulfonamides is 1. The molecule has 1 aliphatic heterocycles. The standard InChI is InChI=1S/C27H29ClN6O5S2/c1-27(2,3)39-26(35)34-11-9-33(10-12-34)24-19-13-17(5-6-20(19)30-16-31-24)18-14-21(25(38-4)29-15-18)32-41(36,37)23-8-7-22(28)40-23/h5-8,13-16,32H,9-12H2,1-4H3. The number of ether oxygens (including phenoxy) is 2. The molecule has 5 rings (SSSR count).